The van der Waals surface area contributed by atoms with Gasteiger partial charge in [0.15, 0.2) is 9.84 Å². The van der Waals surface area contributed by atoms with Crippen molar-refractivity contribution in [1.82, 2.24) is 4.98 Å². The Morgan fingerprint density at radius 2 is 1.68 bits per heavy atom. The highest BCUT2D eigenvalue weighted by molar-refractivity contribution is 9.10. The second-order valence-corrected chi connectivity index (χ2v) is 11.0. The van der Waals surface area contributed by atoms with Crippen molar-refractivity contribution in [2.24, 2.45) is 0 Å². The molecular weight excluding hydrogens is 486 g/mol. The van der Waals surface area contributed by atoms with Crippen molar-refractivity contribution in [2.75, 3.05) is 0 Å². The zero-order valence-electron chi connectivity index (χ0n) is 12.9. The summed E-state index contributed by atoms with van der Waals surface area (Å²) in [7, 11) is -3.29. The van der Waals surface area contributed by atoms with Gasteiger partial charge in [0.1, 0.15) is 5.01 Å². The molecule has 0 spiro atoms. The summed E-state index contributed by atoms with van der Waals surface area (Å²) in [6, 6.07) is 13.4. The molecule has 1 fully saturated rings. The first-order valence-corrected chi connectivity index (χ1v) is 11.7. The Balaban J connectivity index is 1.79. The smallest absolute Gasteiger partial charge is 0.181 e. The second-order valence-electron chi connectivity index (χ2n) is 5.92. The maximum Gasteiger partial charge on any atom is 0.181 e. The van der Waals surface area contributed by atoms with Crippen LogP contribution < -0.4 is 0 Å². The van der Waals surface area contributed by atoms with E-state index in [-0.39, 0.29) is 5.25 Å². The first-order valence-electron chi connectivity index (χ1n) is 7.71. The minimum atomic E-state index is -3.29. The van der Waals surface area contributed by atoms with Gasteiger partial charge in [-0.25, -0.2) is 13.4 Å². The summed E-state index contributed by atoms with van der Waals surface area (Å²) >= 11 is 8.33. The summed E-state index contributed by atoms with van der Waals surface area (Å²) in [5.74, 6) is 0. The molecule has 3 aromatic rings. The third kappa shape index (κ3) is 3.47. The third-order valence-electron chi connectivity index (χ3n) is 4.08. The first kappa shape index (κ1) is 17.4. The Morgan fingerprint density at radius 1 is 1.00 bits per heavy atom. The highest BCUT2D eigenvalue weighted by Crippen LogP contribution is 2.41. The van der Waals surface area contributed by atoms with E-state index in [1.807, 2.05) is 36.4 Å². The van der Waals surface area contributed by atoms with Crippen molar-refractivity contribution >= 4 is 53.0 Å². The summed E-state index contributed by atoms with van der Waals surface area (Å²) < 4.78 is 27.4. The number of sulfone groups is 1. The number of hydrogen-bond donors (Lipinski definition) is 0. The lowest BCUT2D eigenvalue weighted by atomic mass is 10.2. The second kappa shape index (κ2) is 6.61. The quantitative estimate of drug-likeness (QED) is 0.447. The van der Waals surface area contributed by atoms with Crippen molar-refractivity contribution in [3.63, 3.8) is 0 Å². The van der Waals surface area contributed by atoms with Crippen LogP contribution in [0.1, 0.15) is 12.8 Å². The fraction of sp³-hybridized carbons (Fsp3) is 0.167. The number of halogens is 2. The van der Waals surface area contributed by atoms with Crippen LogP contribution in [0.2, 0.25) is 0 Å². The van der Waals surface area contributed by atoms with Crippen LogP contribution in [0.4, 0.5) is 0 Å². The van der Waals surface area contributed by atoms with Gasteiger partial charge >= 0.3 is 0 Å². The normalized spacial score (nSPS) is 14.6. The molecular formula is C18H13Br2NO2S2. The van der Waals surface area contributed by atoms with Crippen LogP contribution in [0, 0.1) is 0 Å². The predicted molar refractivity (Wildman–Crippen MR) is 109 cm³/mol. The number of rotatable bonds is 4. The molecule has 0 N–H and O–H groups in total. The van der Waals surface area contributed by atoms with Crippen LogP contribution in [0.25, 0.3) is 21.0 Å². The number of thiazole rings is 1. The van der Waals surface area contributed by atoms with E-state index in [0.29, 0.717) is 4.90 Å². The SMILES string of the molecule is O=S(=O)(c1cc(Br)ccc1-c1cnc(-c2ccc(Br)cc2)s1)C1CC1. The van der Waals surface area contributed by atoms with Crippen molar-refractivity contribution in [2.45, 2.75) is 23.0 Å². The fourth-order valence-corrected chi connectivity index (χ4v) is 6.31. The average Bonchev–Trinajstić information content (AvgIpc) is 3.35. The molecule has 1 aromatic heterocycles. The van der Waals surface area contributed by atoms with Crippen LogP contribution >= 0.6 is 43.2 Å². The van der Waals surface area contributed by atoms with E-state index < -0.39 is 9.84 Å². The Morgan fingerprint density at radius 3 is 2.36 bits per heavy atom. The van der Waals surface area contributed by atoms with E-state index in [1.165, 1.54) is 11.3 Å². The van der Waals surface area contributed by atoms with E-state index >= 15 is 0 Å². The molecule has 0 radical (unpaired) electrons. The molecule has 0 bridgehead atoms. The molecule has 0 saturated heterocycles. The molecule has 1 aliphatic carbocycles. The minimum Gasteiger partial charge on any atom is -0.244 e. The van der Waals surface area contributed by atoms with Gasteiger partial charge in [0.25, 0.3) is 0 Å². The lowest BCUT2D eigenvalue weighted by Crippen LogP contribution is -2.08. The van der Waals surface area contributed by atoms with Gasteiger partial charge in [-0.05, 0) is 37.1 Å². The van der Waals surface area contributed by atoms with Crippen LogP contribution in [0.15, 0.2) is 62.5 Å². The van der Waals surface area contributed by atoms with Crippen molar-refractivity contribution in [1.29, 1.82) is 0 Å². The van der Waals surface area contributed by atoms with Gasteiger partial charge in [-0.2, -0.15) is 0 Å². The average molecular weight is 499 g/mol. The van der Waals surface area contributed by atoms with E-state index in [0.717, 1.165) is 42.8 Å². The maximum absolute atomic E-state index is 12.8. The molecule has 7 heteroatoms. The Bertz CT molecular complexity index is 1040. The minimum absolute atomic E-state index is 0.237. The maximum atomic E-state index is 12.8. The molecule has 1 heterocycles. The predicted octanol–water partition coefficient (Wildman–Crippen LogP) is 5.94. The van der Waals surface area contributed by atoms with Gasteiger partial charge < -0.3 is 0 Å². The number of nitrogens with zero attached hydrogens (tertiary/aromatic N) is 1. The summed E-state index contributed by atoms with van der Waals surface area (Å²) in [5.41, 5.74) is 1.75. The topological polar surface area (TPSA) is 47.0 Å². The van der Waals surface area contributed by atoms with E-state index in [4.69, 9.17) is 0 Å². The van der Waals surface area contributed by atoms with Gasteiger partial charge in [0.2, 0.25) is 0 Å². The standard InChI is InChI=1S/C18H13Br2NO2S2/c19-12-3-1-11(2-4-12)18-21-10-16(24-18)15-8-5-13(20)9-17(15)25(22,23)14-6-7-14/h1-5,8-10,14H,6-7H2. The first-order chi connectivity index (χ1) is 11.9. The monoisotopic (exact) mass is 497 g/mol. The molecule has 3 nitrogen and oxygen atoms in total. The van der Waals surface area contributed by atoms with Gasteiger partial charge in [0.05, 0.1) is 15.0 Å². The molecule has 2 aromatic carbocycles. The van der Waals surface area contributed by atoms with Gasteiger partial charge in [0, 0.05) is 26.3 Å². The summed E-state index contributed by atoms with van der Waals surface area (Å²) in [4.78, 5) is 5.76. The van der Waals surface area contributed by atoms with Crippen LogP contribution in [0.5, 0.6) is 0 Å². The van der Waals surface area contributed by atoms with Gasteiger partial charge in [-0.15, -0.1) is 11.3 Å². The molecule has 0 unspecified atom stereocenters. The number of hydrogen-bond acceptors (Lipinski definition) is 4. The van der Waals surface area contributed by atoms with Crippen LogP contribution in [-0.4, -0.2) is 18.7 Å². The fourth-order valence-electron chi connectivity index (χ4n) is 2.62. The largest absolute Gasteiger partial charge is 0.244 e. The molecule has 4 rings (SSSR count). The molecule has 25 heavy (non-hydrogen) atoms. The van der Waals surface area contributed by atoms with Crippen molar-refractivity contribution in [3.8, 4) is 21.0 Å². The Labute approximate surface area is 167 Å². The van der Waals surface area contributed by atoms with Crippen LogP contribution in [0.3, 0.4) is 0 Å². The van der Waals surface area contributed by atoms with Crippen molar-refractivity contribution < 1.29 is 8.42 Å². The number of aromatic nitrogens is 1. The third-order valence-corrected chi connectivity index (χ3v) is 8.48. The number of benzene rings is 2. The lowest BCUT2D eigenvalue weighted by Gasteiger charge is -2.09. The van der Waals surface area contributed by atoms with Crippen LogP contribution in [-0.2, 0) is 9.84 Å². The highest BCUT2D eigenvalue weighted by atomic mass is 79.9. The summed E-state index contributed by atoms with van der Waals surface area (Å²) in [5, 5.41) is 0.639. The van der Waals surface area contributed by atoms with E-state index in [9.17, 15) is 8.42 Å². The molecule has 0 aliphatic heterocycles. The highest BCUT2D eigenvalue weighted by Gasteiger charge is 2.38. The molecule has 1 aliphatic rings. The summed E-state index contributed by atoms with van der Waals surface area (Å²) in [6.45, 7) is 0. The molecule has 1 saturated carbocycles. The molecule has 128 valence electrons. The van der Waals surface area contributed by atoms with Gasteiger partial charge in [-0.1, -0.05) is 50.1 Å². The van der Waals surface area contributed by atoms with E-state index in [2.05, 4.69) is 36.8 Å². The molecule has 0 amide bonds. The molecule has 0 atom stereocenters. The Kier molecular flexibility index (Phi) is 4.60. The van der Waals surface area contributed by atoms with Crippen molar-refractivity contribution in [3.05, 3.63) is 57.6 Å². The zero-order valence-corrected chi connectivity index (χ0v) is 17.8. The zero-order chi connectivity index (χ0) is 17.6. The van der Waals surface area contributed by atoms with E-state index in [1.54, 1.807) is 12.3 Å². The van der Waals surface area contributed by atoms with Gasteiger partial charge in [-0.3, -0.25) is 0 Å². The lowest BCUT2D eigenvalue weighted by molar-refractivity contribution is 0.595. The Hall–Kier alpha value is -1.02. The summed E-state index contributed by atoms with van der Waals surface area (Å²) in [6.07, 6.45) is 3.26.